The molecule has 2 amide bonds. The molecule has 4 heterocycles. The van der Waals surface area contributed by atoms with E-state index in [0.717, 1.165) is 17.8 Å². The fraction of sp³-hybridized carbons (Fsp3) is 0.222. The van der Waals surface area contributed by atoms with E-state index >= 15 is 0 Å². The first kappa shape index (κ1) is 16.9. The van der Waals surface area contributed by atoms with Gasteiger partial charge in [0.2, 0.25) is 5.91 Å². The number of carbonyl (C=O) groups excluding carboxylic acids is 2. The molecule has 0 saturated carbocycles. The lowest BCUT2D eigenvalue weighted by molar-refractivity contribution is -0.119. The van der Waals surface area contributed by atoms with Crippen LogP contribution in [0.15, 0.2) is 47.3 Å². The fourth-order valence-corrected chi connectivity index (χ4v) is 4.36. The van der Waals surface area contributed by atoms with Crippen molar-refractivity contribution in [3.63, 3.8) is 0 Å². The number of nitrogens with zero attached hydrogens (tertiary/aromatic N) is 3. The molecule has 1 atom stereocenters. The van der Waals surface area contributed by atoms with E-state index in [1.54, 1.807) is 17.2 Å². The van der Waals surface area contributed by atoms with E-state index < -0.39 is 6.04 Å². The van der Waals surface area contributed by atoms with Crippen LogP contribution in [0.2, 0.25) is 0 Å². The second-order valence-electron chi connectivity index (χ2n) is 5.88. The van der Waals surface area contributed by atoms with Crippen molar-refractivity contribution in [2.24, 2.45) is 0 Å². The van der Waals surface area contributed by atoms with Crippen LogP contribution in [0.3, 0.4) is 0 Å². The van der Waals surface area contributed by atoms with Crippen LogP contribution in [-0.2, 0) is 4.79 Å². The molecule has 0 bridgehead atoms. The van der Waals surface area contributed by atoms with Crippen LogP contribution in [0.1, 0.15) is 22.5 Å². The third-order valence-corrected chi connectivity index (χ3v) is 5.83. The monoisotopic (exact) mass is 384 g/mol. The Balaban J connectivity index is 1.46. The van der Waals surface area contributed by atoms with Crippen LogP contribution in [0.25, 0.3) is 11.4 Å². The molecule has 1 N–H and O–H groups in total. The number of thiazole rings is 1. The number of anilines is 1. The summed E-state index contributed by atoms with van der Waals surface area (Å²) < 4.78 is 0. The number of rotatable bonds is 4. The molecule has 1 fully saturated rings. The van der Waals surface area contributed by atoms with Gasteiger partial charge in [-0.1, -0.05) is 12.1 Å². The van der Waals surface area contributed by atoms with E-state index in [1.165, 1.54) is 22.7 Å². The first-order valence-electron chi connectivity index (χ1n) is 8.24. The summed E-state index contributed by atoms with van der Waals surface area (Å²) in [5.41, 5.74) is 1.49. The summed E-state index contributed by atoms with van der Waals surface area (Å²) in [4.78, 5) is 36.3. The highest BCUT2D eigenvalue weighted by Gasteiger charge is 2.35. The molecule has 8 heteroatoms. The Bertz CT molecular complexity index is 908. The quantitative estimate of drug-likeness (QED) is 0.747. The molecular weight excluding hydrogens is 368 g/mol. The molecule has 4 rings (SSSR count). The average Bonchev–Trinajstić information content (AvgIpc) is 3.42. The third kappa shape index (κ3) is 3.38. The largest absolute Gasteiger partial charge is 0.326 e. The number of pyridine rings is 1. The maximum absolute atomic E-state index is 12.7. The number of amides is 2. The van der Waals surface area contributed by atoms with Crippen LogP contribution in [-0.4, -0.2) is 39.3 Å². The Morgan fingerprint density at radius 3 is 2.85 bits per heavy atom. The van der Waals surface area contributed by atoms with Gasteiger partial charge in [-0.2, -0.15) is 0 Å². The Morgan fingerprint density at radius 1 is 1.15 bits per heavy atom. The van der Waals surface area contributed by atoms with Gasteiger partial charge in [-0.05, 0) is 36.4 Å². The first-order valence-corrected chi connectivity index (χ1v) is 10.0. The van der Waals surface area contributed by atoms with Crippen LogP contribution >= 0.6 is 22.7 Å². The summed E-state index contributed by atoms with van der Waals surface area (Å²) in [7, 11) is 0. The first-order chi connectivity index (χ1) is 12.7. The molecule has 1 aliphatic rings. The zero-order chi connectivity index (χ0) is 17.9. The summed E-state index contributed by atoms with van der Waals surface area (Å²) in [5.74, 6) is -0.264. The average molecular weight is 384 g/mol. The lowest BCUT2D eigenvalue weighted by atomic mass is 10.2. The maximum atomic E-state index is 12.7. The molecule has 0 spiro atoms. The summed E-state index contributed by atoms with van der Waals surface area (Å²) in [6.07, 6.45) is 3.20. The van der Waals surface area contributed by atoms with Crippen molar-refractivity contribution in [3.8, 4) is 11.4 Å². The van der Waals surface area contributed by atoms with Crippen molar-refractivity contribution < 1.29 is 9.59 Å². The van der Waals surface area contributed by atoms with Crippen molar-refractivity contribution in [2.45, 2.75) is 18.9 Å². The van der Waals surface area contributed by atoms with Crippen molar-refractivity contribution in [2.75, 3.05) is 11.9 Å². The Morgan fingerprint density at radius 2 is 2.08 bits per heavy atom. The van der Waals surface area contributed by atoms with Crippen molar-refractivity contribution in [1.29, 1.82) is 0 Å². The van der Waals surface area contributed by atoms with E-state index in [-0.39, 0.29) is 11.8 Å². The molecule has 1 saturated heterocycles. The van der Waals surface area contributed by atoms with E-state index in [4.69, 9.17) is 0 Å². The molecule has 1 aliphatic heterocycles. The highest BCUT2D eigenvalue weighted by molar-refractivity contribution is 7.14. The number of likely N-dealkylation sites (tertiary alicyclic amines) is 1. The van der Waals surface area contributed by atoms with Gasteiger partial charge in [0.25, 0.3) is 5.91 Å². The molecule has 0 aliphatic carbocycles. The molecule has 0 aromatic carbocycles. The second-order valence-corrected chi connectivity index (χ2v) is 7.68. The van der Waals surface area contributed by atoms with Gasteiger partial charge >= 0.3 is 0 Å². The molecule has 3 aromatic heterocycles. The van der Waals surface area contributed by atoms with Crippen molar-refractivity contribution in [3.05, 3.63) is 52.2 Å². The normalized spacial score (nSPS) is 16.6. The van der Waals surface area contributed by atoms with Gasteiger partial charge in [0, 0.05) is 18.1 Å². The molecule has 3 aromatic rings. The van der Waals surface area contributed by atoms with E-state index in [2.05, 4.69) is 15.3 Å². The molecule has 132 valence electrons. The zero-order valence-electron chi connectivity index (χ0n) is 13.8. The number of thiophene rings is 1. The van der Waals surface area contributed by atoms with Crippen LogP contribution < -0.4 is 5.32 Å². The van der Waals surface area contributed by atoms with E-state index in [9.17, 15) is 9.59 Å². The number of hydrogen-bond donors (Lipinski definition) is 1. The molecular formula is C18H16N4O2S2. The lowest BCUT2D eigenvalue weighted by Gasteiger charge is -2.22. The van der Waals surface area contributed by atoms with Crippen molar-refractivity contribution >= 4 is 39.6 Å². The number of nitrogens with one attached hydrogen (secondary N) is 1. The summed E-state index contributed by atoms with van der Waals surface area (Å²) in [6.45, 7) is 0.603. The van der Waals surface area contributed by atoms with Gasteiger partial charge in [0.05, 0.1) is 10.6 Å². The van der Waals surface area contributed by atoms with E-state index in [0.29, 0.717) is 23.0 Å². The molecule has 1 unspecified atom stereocenters. The summed E-state index contributed by atoms with van der Waals surface area (Å²) in [6, 6.07) is 8.80. The predicted molar refractivity (Wildman–Crippen MR) is 102 cm³/mol. The van der Waals surface area contributed by atoms with Crippen LogP contribution in [0.5, 0.6) is 0 Å². The van der Waals surface area contributed by atoms with Crippen LogP contribution in [0.4, 0.5) is 5.13 Å². The van der Waals surface area contributed by atoms with Gasteiger partial charge in [0.15, 0.2) is 5.13 Å². The van der Waals surface area contributed by atoms with Crippen molar-refractivity contribution in [1.82, 2.24) is 14.9 Å². The molecule has 0 radical (unpaired) electrons. The minimum absolute atomic E-state index is 0.0778. The van der Waals surface area contributed by atoms with Gasteiger partial charge in [0.1, 0.15) is 11.7 Å². The van der Waals surface area contributed by atoms with E-state index in [1.807, 2.05) is 35.0 Å². The summed E-state index contributed by atoms with van der Waals surface area (Å²) >= 11 is 2.75. The Labute approximate surface area is 158 Å². The Kier molecular flexibility index (Phi) is 4.77. The Hall–Kier alpha value is -2.58. The zero-order valence-corrected chi connectivity index (χ0v) is 15.4. The van der Waals surface area contributed by atoms with Gasteiger partial charge in [-0.25, -0.2) is 4.98 Å². The standard InChI is InChI=1S/C18H16N4O2S2/c23-16(14-6-3-9-22(14)17(24)15-7-4-10-25-15)21-18-20-13(11-26-18)12-5-1-2-8-19-12/h1-2,4-5,7-8,10-11,14H,3,6,9H2,(H,20,21,23). The number of carbonyl (C=O) groups is 2. The van der Waals surface area contributed by atoms with Crippen LogP contribution in [0, 0.1) is 0 Å². The maximum Gasteiger partial charge on any atom is 0.264 e. The van der Waals surface area contributed by atoms with Gasteiger partial charge < -0.3 is 10.2 Å². The minimum Gasteiger partial charge on any atom is -0.326 e. The summed E-state index contributed by atoms with van der Waals surface area (Å²) in [5, 5.41) is 7.10. The predicted octanol–water partition coefficient (Wildman–Crippen LogP) is 3.51. The minimum atomic E-state index is -0.452. The third-order valence-electron chi connectivity index (χ3n) is 4.21. The SMILES string of the molecule is O=C(Nc1nc(-c2ccccn2)cs1)C1CCCN1C(=O)c1cccs1. The fourth-order valence-electron chi connectivity index (χ4n) is 2.98. The lowest BCUT2D eigenvalue weighted by Crippen LogP contribution is -2.42. The number of aromatic nitrogens is 2. The smallest absolute Gasteiger partial charge is 0.264 e. The highest BCUT2D eigenvalue weighted by atomic mass is 32.1. The van der Waals surface area contributed by atoms with Gasteiger partial charge in [-0.15, -0.1) is 22.7 Å². The topological polar surface area (TPSA) is 75.2 Å². The van der Waals surface area contributed by atoms with Gasteiger partial charge in [-0.3, -0.25) is 14.6 Å². The molecule has 6 nitrogen and oxygen atoms in total. The molecule has 26 heavy (non-hydrogen) atoms. The second kappa shape index (κ2) is 7.35. The highest BCUT2D eigenvalue weighted by Crippen LogP contribution is 2.26. The number of hydrogen-bond acceptors (Lipinski definition) is 6.